The molecule has 0 bridgehead atoms. The van der Waals surface area contributed by atoms with E-state index in [4.69, 9.17) is 0 Å². The van der Waals surface area contributed by atoms with Crippen LogP contribution in [0.1, 0.15) is 37.6 Å². The number of fused-ring (bicyclic) bond motifs is 1. The molecule has 5 heteroatoms. The van der Waals surface area contributed by atoms with Crippen LogP contribution in [0.15, 0.2) is 54.0 Å². The van der Waals surface area contributed by atoms with Crippen molar-refractivity contribution >= 4 is 28.3 Å². The number of hydrogen-bond donors (Lipinski definition) is 0. The zero-order valence-electron chi connectivity index (χ0n) is 17.4. The molecule has 0 N–H and O–H groups in total. The highest BCUT2D eigenvalue weighted by Gasteiger charge is 2.32. The maximum atomic E-state index is 13.4. The SMILES string of the molecule is Cc1ncsc1C1=C(c2cccc(CN3CCN(C)CC3)c2)c2ccccc2C1=O. The van der Waals surface area contributed by atoms with E-state index in [2.05, 4.69) is 52.2 Å². The average Bonchev–Trinajstić information content (AvgIpc) is 3.30. The Hall–Kier alpha value is -2.60. The van der Waals surface area contributed by atoms with Gasteiger partial charge in [-0.2, -0.15) is 0 Å². The maximum Gasteiger partial charge on any atom is 0.195 e. The van der Waals surface area contributed by atoms with Crippen molar-refractivity contribution in [3.05, 3.63) is 86.9 Å². The van der Waals surface area contributed by atoms with Crippen LogP contribution in [0.3, 0.4) is 0 Å². The Balaban J connectivity index is 1.57. The number of Topliss-reactive ketones (excluding diaryl/α,β-unsaturated/α-hetero) is 1. The Labute approximate surface area is 181 Å². The number of rotatable bonds is 4. The van der Waals surface area contributed by atoms with Crippen LogP contribution in [0.25, 0.3) is 11.1 Å². The Morgan fingerprint density at radius 1 is 0.967 bits per heavy atom. The highest BCUT2D eigenvalue weighted by atomic mass is 32.1. The summed E-state index contributed by atoms with van der Waals surface area (Å²) in [7, 11) is 2.18. The molecule has 2 aromatic carbocycles. The van der Waals surface area contributed by atoms with Gasteiger partial charge in [-0.1, -0.05) is 42.5 Å². The van der Waals surface area contributed by atoms with Gasteiger partial charge in [0.25, 0.3) is 0 Å². The number of aromatic nitrogens is 1. The number of aryl methyl sites for hydroxylation is 1. The van der Waals surface area contributed by atoms with E-state index in [1.807, 2.05) is 30.6 Å². The van der Waals surface area contributed by atoms with Crippen molar-refractivity contribution in [2.45, 2.75) is 13.5 Å². The molecular formula is C25H25N3OS. The fraction of sp³-hybridized carbons (Fsp3) is 0.280. The van der Waals surface area contributed by atoms with Crippen molar-refractivity contribution in [2.24, 2.45) is 0 Å². The minimum atomic E-state index is 0.109. The second-order valence-corrected chi connectivity index (χ2v) is 9.03. The zero-order valence-corrected chi connectivity index (χ0v) is 18.2. The Kier molecular flexibility index (Phi) is 5.11. The lowest BCUT2D eigenvalue weighted by molar-refractivity contribution is 0.105. The second kappa shape index (κ2) is 7.91. The van der Waals surface area contributed by atoms with Crippen molar-refractivity contribution < 1.29 is 4.79 Å². The molecule has 0 amide bonds. The van der Waals surface area contributed by atoms with Crippen LogP contribution in [0.2, 0.25) is 0 Å². The molecule has 5 rings (SSSR count). The molecule has 3 aromatic rings. The lowest BCUT2D eigenvalue weighted by Crippen LogP contribution is -2.43. The molecule has 2 heterocycles. The van der Waals surface area contributed by atoms with Gasteiger partial charge in [-0.05, 0) is 36.7 Å². The number of ketones is 1. The van der Waals surface area contributed by atoms with E-state index in [0.717, 1.165) is 71.1 Å². The summed E-state index contributed by atoms with van der Waals surface area (Å²) in [5, 5.41) is 0. The number of likely N-dealkylation sites (N-methyl/N-ethyl adjacent to an activating group) is 1. The van der Waals surface area contributed by atoms with Gasteiger partial charge in [0.15, 0.2) is 5.78 Å². The molecule has 152 valence electrons. The summed E-state index contributed by atoms with van der Waals surface area (Å²) in [5.41, 5.74) is 8.82. The van der Waals surface area contributed by atoms with Gasteiger partial charge in [0.1, 0.15) is 0 Å². The molecule has 1 aliphatic heterocycles. The molecule has 0 saturated carbocycles. The molecule has 1 fully saturated rings. The highest BCUT2D eigenvalue weighted by Crippen LogP contribution is 2.44. The molecular weight excluding hydrogens is 390 g/mol. The highest BCUT2D eigenvalue weighted by molar-refractivity contribution is 7.11. The van der Waals surface area contributed by atoms with Gasteiger partial charge in [0.05, 0.1) is 21.7 Å². The van der Waals surface area contributed by atoms with Crippen molar-refractivity contribution in [2.75, 3.05) is 33.2 Å². The monoisotopic (exact) mass is 415 g/mol. The summed E-state index contributed by atoms with van der Waals surface area (Å²) >= 11 is 1.55. The van der Waals surface area contributed by atoms with Crippen LogP contribution in [-0.4, -0.2) is 53.8 Å². The van der Waals surface area contributed by atoms with E-state index >= 15 is 0 Å². The van der Waals surface area contributed by atoms with Crippen LogP contribution < -0.4 is 0 Å². The minimum Gasteiger partial charge on any atom is -0.304 e. The van der Waals surface area contributed by atoms with Crippen LogP contribution >= 0.6 is 11.3 Å². The average molecular weight is 416 g/mol. The molecule has 30 heavy (non-hydrogen) atoms. The predicted molar refractivity (Wildman–Crippen MR) is 123 cm³/mol. The van der Waals surface area contributed by atoms with E-state index < -0.39 is 0 Å². The predicted octanol–water partition coefficient (Wildman–Crippen LogP) is 4.35. The van der Waals surface area contributed by atoms with E-state index in [-0.39, 0.29) is 5.78 Å². The van der Waals surface area contributed by atoms with Gasteiger partial charge >= 0.3 is 0 Å². The van der Waals surface area contributed by atoms with Crippen molar-refractivity contribution in [3.63, 3.8) is 0 Å². The zero-order chi connectivity index (χ0) is 20.7. The van der Waals surface area contributed by atoms with E-state index in [0.29, 0.717) is 0 Å². The molecule has 0 spiro atoms. The smallest absolute Gasteiger partial charge is 0.195 e. The summed E-state index contributed by atoms with van der Waals surface area (Å²) in [6, 6.07) is 16.7. The normalized spacial score (nSPS) is 17.6. The van der Waals surface area contributed by atoms with Gasteiger partial charge in [0.2, 0.25) is 0 Å². The van der Waals surface area contributed by atoms with Crippen LogP contribution in [0.4, 0.5) is 0 Å². The Morgan fingerprint density at radius 2 is 1.73 bits per heavy atom. The summed E-state index contributed by atoms with van der Waals surface area (Å²) < 4.78 is 0. The number of carbonyl (C=O) groups excluding carboxylic acids is 1. The fourth-order valence-electron chi connectivity index (χ4n) is 4.43. The number of thiazole rings is 1. The first kappa shape index (κ1) is 19.4. The summed E-state index contributed by atoms with van der Waals surface area (Å²) in [6.45, 7) is 7.34. The van der Waals surface area contributed by atoms with Crippen LogP contribution in [0, 0.1) is 6.92 Å². The second-order valence-electron chi connectivity index (χ2n) is 8.17. The van der Waals surface area contributed by atoms with Crippen LogP contribution in [-0.2, 0) is 6.54 Å². The Morgan fingerprint density at radius 3 is 2.47 bits per heavy atom. The summed E-state index contributed by atoms with van der Waals surface area (Å²) in [5.74, 6) is 0.109. The van der Waals surface area contributed by atoms with E-state index in [1.165, 1.54) is 5.56 Å². The number of nitrogens with zero attached hydrogens (tertiary/aromatic N) is 3. The van der Waals surface area contributed by atoms with Crippen molar-refractivity contribution in [3.8, 4) is 0 Å². The van der Waals surface area contributed by atoms with Crippen LogP contribution in [0.5, 0.6) is 0 Å². The Bertz CT molecular complexity index is 1140. The summed E-state index contributed by atoms with van der Waals surface area (Å²) in [4.78, 5) is 23.6. The topological polar surface area (TPSA) is 36.4 Å². The van der Waals surface area contributed by atoms with Gasteiger partial charge in [-0.25, -0.2) is 4.98 Å². The first-order chi connectivity index (χ1) is 14.6. The first-order valence-electron chi connectivity index (χ1n) is 10.4. The third-order valence-electron chi connectivity index (χ3n) is 6.11. The third-order valence-corrected chi connectivity index (χ3v) is 7.05. The summed E-state index contributed by atoms with van der Waals surface area (Å²) in [6.07, 6.45) is 0. The van der Waals surface area contributed by atoms with Gasteiger partial charge in [-0.3, -0.25) is 9.69 Å². The molecule has 2 aliphatic rings. The molecule has 4 nitrogen and oxygen atoms in total. The van der Waals surface area contributed by atoms with E-state index in [9.17, 15) is 4.79 Å². The van der Waals surface area contributed by atoms with Crippen molar-refractivity contribution in [1.29, 1.82) is 0 Å². The molecule has 0 radical (unpaired) electrons. The lowest BCUT2D eigenvalue weighted by atomic mass is 9.95. The quantitative estimate of drug-likeness (QED) is 0.635. The lowest BCUT2D eigenvalue weighted by Gasteiger charge is -2.32. The van der Waals surface area contributed by atoms with Gasteiger partial charge in [0, 0.05) is 43.9 Å². The standard InChI is InChI=1S/C25H25N3OS/c1-17-25(30-16-26-17)23-22(20-8-3-4-9-21(20)24(23)29)19-7-5-6-18(14-19)15-28-12-10-27(2)11-13-28/h3-9,14,16H,10-13,15H2,1-2H3. The van der Waals surface area contributed by atoms with E-state index in [1.54, 1.807) is 11.3 Å². The number of benzene rings is 2. The number of carbonyl (C=O) groups is 1. The number of allylic oxidation sites excluding steroid dienone is 1. The third kappa shape index (κ3) is 3.43. The molecule has 0 atom stereocenters. The largest absolute Gasteiger partial charge is 0.304 e. The van der Waals surface area contributed by atoms with Gasteiger partial charge in [-0.15, -0.1) is 11.3 Å². The number of piperazine rings is 1. The molecule has 1 aromatic heterocycles. The fourth-order valence-corrected chi connectivity index (χ4v) is 5.28. The molecule has 1 aliphatic carbocycles. The maximum absolute atomic E-state index is 13.4. The molecule has 0 unspecified atom stereocenters. The first-order valence-corrected chi connectivity index (χ1v) is 11.3. The number of hydrogen-bond acceptors (Lipinski definition) is 5. The van der Waals surface area contributed by atoms with Crippen molar-refractivity contribution in [1.82, 2.24) is 14.8 Å². The van der Waals surface area contributed by atoms with Gasteiger partial charge < -0.3 is 4.90 Å². The minimum absolute atomic E-state index is 0.109. The molecule has 1 saturated heterocycles.